The van der Waals surface area contributed by atoms with Gasteiger partial charge in [-0.1, -0.05) is 0 Å². The zero-order valence-corrected chi connectivity index (χ0v) is 15.2. The van der Waals surface area contributed by atoms with Crippen molar-refractivity contribution < 1.29 is 28.5 Å². The summed E-state index contributed by atoms with van der Waals surface area (Å²) in [4.78, 5) is 25.6. The molecule has 1 aromatic rings. The molecule has 1 aliphatic heterocycles. The molecule has 1 aliphatic rings. The number of methoxy groups -OCH3 is 2. The first-order chi connectivity index (χ1) is 12.5. The third kappa shape index (κ3) is 5.87. The molecule has 1 heterocycles. The number of hydrogen-bond acceptors (Lipinski definition) is 6. The van der Waals surface area contributed by atoms with E-state index >= 15 is 0 Å². The smallest absolute Gasteiger partial charge is 0.321 e. The molecule has 144 valence electrons. The number of ether oxygens (including phenoxy) is 4. The number of likely N-dealkylation sites (N-methyl/N-ethyl adjacent to an activating group) is 1. The lowest BCUT2D eigenvalue weighted by molar-refractivity contribution is -0.119. The molecule has 9 heteroatoms. The molecular formula is C17H25N3O6. The van der Waals surface area contributed by atoms with Crippen LogP contribution in [0.4, 0.5) is 16.2 Å². The fourth-order valence-corrected chi connectivity index (χ4v) is 2.45. The summed E-state index contributed by atoms with van der Waals surface area (Å²) in [5, 5.41) is 5.46. The van der Waals surface area contributed by atoms with Gasteiger partial charge in [0.05, 0.1) is 45.3 Å². The minimum Gasteiger partial charge on any atom is -0.495 e. The lowest BCUT2D eigenvalue weighted by Gasteiger charge is -2.27. The van der Waals surface area contributed by atoms with E-state index in [0.717, 1.165) is 0 Å². The van der Waals surface area contributed by atoms with E-state index in [1.165, 1.54) is 19.1 Å². The minimum atomic E-state index is -0.319. The second-order valence-corrected chi connectivity index (χ2v) is 5.77. The predicted octanol–water partition coefficient (Wildman–Crippen LogP) is 1.16. The van der Waals surface area contributed by atoms with E-state index in [0.29, 0.717) is 43.5 Å². The lowest BCUT2D eigenvalue weighted by atomic mass is 10.2. The van der Waals surface area contributed by atoms with Crippen LogP contribution in [0.2, 0.25) is 0 Å². The Balaban J connectivity index is 1.98. The molecule has 0 spiro atoms. The maximum Gasteiger partial charge on any atom is 0.321 e. The highest BCUT2D eigenvalue weighted by molar-refractivity contribution is 5.95. The number of carbonyl (C=O) groups is 2. The summed E-state index contributed by atoms with van der Waals surface area (Å²) >= 11 is 0. The van der Waals surface area contributed by atoms with Gasteiger partial charge in [0.25, 0.3) is 0 Å². The Kier molecular flexibility index (Phi) is 7.64. The summed E-state index contributed by atoms with van der Waals surface area (Å²) in [7, 11) is 4.61. The predicted molar refractivity (Wildman–Crippen MR) is 95.7 cm³/mol. The molecule has 2 N–H and O–H groups in total. The molecular weight excluding hydrogens is 342 g/mol. The summed E-state index contributed by atoms with van der Waals surface area (Å²) in [5.74, 6) is 0.161. The molecule has 0 radical (unpaired) electrons. The van der Waals surface area contributed by atoms with Crippen LogP contribution >= 0.6 is 0 Å². The number of urea groups is 1. The van der Waals surface area contributed by atoms with Crippen molar-refractivity contribution in [2.24, 2.45) is 0 Å². The summed E-state index contributed by atoms with van der Waals surface area (Å²) in [6, 6.07) is 4.68. The molecule has 9 nitrogen and oxygen atoms in total. The van der Waals surface area contributed by atoms with Crippen LogP contribution in [0.1, 0.15) is 0 Å². The van der Waals surface area contributed by atoms with Crippen LogP contribution in [-0.4, -0.2) is 77.2 Å². The van der Waals surface area contributed by atoms with Crippen LogP contribution in [0.3, 0.4) is 0 Å². The average molecular weight is 367 g/mol. The van der Waals surface area contributed by atoms with Crippen LogP contribution in [-0.2, 0) is 19.0 Å². The monoisotopic (exact) mass is 367 g/mol. The molecule has 26 heavy (non-hydrogen) atoms. The molecule has 1 saturated heterocycles. The third-order valence-electron chi connectivity index (χ3n) is 3.71. The van der Waals surface area contributed by atoms with Gasteiger partial charge in [0.15, 0.2) is 0 Å². The molecule has 0 aromatic heterocycles. The van der Waals surface area contributed by atoms with Crippen molar-refractivity contribution in [3.63, 3.8) is 0 Å². The van der Waals surface area contributed by atoms with E-state index in [1.807, 2.05) is 0 Å². The van der Waals surface area contributed by atoms with Gasteiger partial charge in [-0.3, -0.25) is 4.79 Å². The van der Waals surface area contributed by atoms with Crippen LogP contribution in [0, 0.1) is 0 Å². The Morgan fingerprint density at radius 2 is 2.08 bits per heavy atom. The summed E-state index contributed by atoms with van der Waals surface area (Å²) in [5.41, 5.74) is 0.968. The van der Waals surface area contributed by atoms with E-state index in [2.05, 4.69) is 10.6 Å². The van der Waals surface area contributed by atoms with Gasteiger partial charge in [-0.15, -0.1) is 0 Å². The van der Waals surface area contributed by atoms with Gasteiger partial charge in [0, 0.05) is 19.8 Å². The zero-order valence-electron chi connectivity index (χ0n) is 15.2. The Bertz CT molecular complexity index is 619. The SMILES string of the molecule is COCC(=O)Nc1cc(NC(=O)N(C)CC2COCCO2)ccc1OC. The summed E-state index contributed by atoms with van der Waals surface area (Å²) in [6.45, 7) is 1.92. The number of benzene rings is 1. The highest BCUT2D eigenvalue weighted by atomic mass is 16.6. The topological polar surface area (TPSA) is 98.4 Å². The first kappa shape index (κ1) is 20.0. The Morgan fingerprint density at radius 1 is 1.27 bits per heavy atom. The molecule has 0 bridgehead atoms. The average Bonchev–Trinajstić information content (AvgIpc) is 2.63. The van der Waals surface area contributed by atoms with E-state index in [4.69, 9.17) is 18.9 Å². The molecule has 0 saturated carbocycles. The maximum absolute atomic E-state index is 12.4. The van der Waals surface area contributed by atoms with E-state index in [1.54, 1.807) is 25.2 Å². The quantitative estimate of drug-likeness (QED) is 0.750. The van der Waals surface area contributed by atoms with E-state index in [-0.39, 0.29) is 24.6 Å². The van der Waals surface area contributed by atoms with Gasteiger partial charge < -0.3 is 34.5 Å². The fourth-order valence-electron chi connectivity index (χ4n) is 2.45. The number of rotatable bonds is 7. The van der Waals surface area contributed by atoms with Crippen molar-refractivity contribution in [2.45, 2.75) is 6.10 Å². The van der Waals surface area contributed by atoms with Crippen molar-refractivity contribution in [3.05, 3.63) is 18.2 Å². The van der Waals surface area contributed by atoms with Gasteiger partial charge in [0.1, 0.15) is 12.4 Å². The molecule has 2 rings (SSSR count). The number of nitrogens with zero attached hydrogens (tertiary/aromatic N) is 1. The molecule has 1 fully saturated rings. The summed E-state index contributed by atoms with van der Waals surface area (Å²) < 4.78 is 20.9. The number of carbonyl (C=O) groups excluding carboxylic acids is 2. The lowest BCUT2D eigenvalue weighted by Crippen LogP contribution is -2.42. The van der Waals surface area contributed by atoms with Crippen molar-refractivity contribution in [1.29, 1.82) is 0 Å². The van der Waals surface area contributed by atoms with Crippen molar-refractivity contribution in [2.75, 3.05) is 64.9 Å². The van der Waals surface area contributed by atoms with Crippen LogP contribution in [0.5, 0.6) is 5.75 Å². The van der Waals surface area contributed by atoms with Gasteiger partial charge in [-0.2, -0.15) is 0 Å². The normalized spacial score (nSPS) is 16.7. The number of anilines is 2. The number of amides is 3. The van der Waals surface area contributed by atoms with Crippen molar-refractivity contribution in [1.82, 2.24) is 4.90 Å². The molecule has 3 amide bonds. The van der Waals surface area contributed by atoms with Crippen LogP contribution in [0.25, 0.3) is 0 Å². The highest BCUT2D eigenvalue weighted by Gasteiger charge is 2.19. The first-order valence-corrected chi connectivity index (χ1v) is 8.21. The van der Waals surface area contributed by atoms with Crippen LogP contribution < -0.4 is 15.4 Å². The largest absolute Gasteiger partial charge is 0.495 e. The van der Waals surface area contributed by atoms with E-state index < -0.39 is 0 Å². The van der Waals surface area contributed by atoms with E-state index in [9.17, 15) is 9.59 Å². The fraction of sp³-hybridized carbons (Fsp3) is 0.529. The highest BCUT2D eigenvalue weighted by Crippen LogP contribution is 2.28. The molecule has 1 unspecified atom stereocenters. The van der Waals surface area contributed by atoms with Gasteiger partial charge in [-0.25, -0.2) is 4.79 Å². The van der Waals surface area contributed by atoms with Gasteiger partial charge >= 0.3 is 6.03 Å². The Labute approximate surface area is 152 Å². The zero-order chi connectivity index (χ0) is 18.9. The first-order valence-electron chi connectivity index (χ1n) is 8.21. The Morgan fingerprint density at radius 3 is 2.73 bits per heavy atom. The summed E-state index contributed by atoms with van der Waals surface area (Å²) in [6.07, 6.45) is -0.140. The molecule has 1 atom stereocenters. The van der Waals surface area contributed by atoms with Gasteiger partial charge in [-0.05, 0) is 18.2 Å². The maximum atomic E-state index is 12.4. The Hall–Kier alpha value is -2.36. The van der Waals surface area contributed by atoms with Crippen LogP contribution in [0.15, 0.2) is 18.2 Å². The van der Waals surface area contributed by atoms with Crippen molar-refractivity contribution in [3.8, 4) is 5.75 Å². The molecule has 1 aromatic carbocycles. The van der Waals surface area contributed by atoms with Crippen molar-refractivity contribution >= 4 is 23.3 Å². The minimum absolute atomic E-state index is 0.0774. The molecule has 0 aliphatic carbocycles. The number of hydrogen-bond donors (Lipinski definition) is 2. The standard InChI is InChI=1S/C17H25N3O6/c1-20(9-13-10-25-6-7-26-13)17(22)18-12-4-5-15(24-3)14(8-12)19-16(21)11-23-2/h4-5,8,13H,6-7,9-11H2,1-3H3,(H,18,22)(H,19,21). The third-order valence-corrected chi connectivity index (χ3v) is 3.71. The second kappa shape index (κ2) is 9.95. The van der Waals surface area contributed by atoms with Gasteiger partial charge in [0.2, 0.25) is 5.91 Å². The second-order valence-electron chi connectivity index (χ2n) is 5.77. The number of nitrogens with one attached hydrogen (secondary N) is 2.